The van der Waals surface area contributed by atoms with E-state index in [0.29, 0.717) is 11.1 Å². The number of rotatable bonds is 4. The van der Waals surface area contributed by atoms with Crippen molar-refractivity contribution in [3.05, 3.63) is 41.6 Å². The van der Waals surface area contributed by atoms with Crippen LogP contribution in [0.25, 0.3) is 0 Å². The maximum atomic E-state index is 11.9. The highest BCUT2D eigenvalue weighted by Gasteiger charge is 2.14. The number of aromatic amines is 1. The molecule has 4 N–H and O–H groups in total. The maximum absolute atomic E-state index is 11.9. The lowest BCUT2D eigenvalue weighted by Gasteiger charge is -2.06. The summed E-state index contributed by atoms with van der Waals surface area (Å²) in [6.45, 7) is 0. The Labute approximate surface area is 110 Å². The van der Waals surface area contributed by atoms with E-state index in [2.05, 4.69) is 14.9 Å². The Balaban J connectivity index is 2.13. The molecule has 0 amide bonds. The van der Waals surface area contributed by atoms with Crippen LogP contribution in [0.4, 0.5) is 11.5 Å². The van der Waals surface area contributed by atoms with Gasteiger partial charge in [0.25, 0.3) is 0 Å². The van der Waals surface area contributed by atoms with Gasteiger partial charge in [-0.25, -0.2) is 8.42 Å². The van der Waals surface area contributed by atoms with Gasteiger partial charge < -0.3 is 5.73 Å². The standard InChI is InChI=1S/C11H11N5O2S/c12-5-8-1-3-9(4-2-8)7-19(17,18)16-11-10(13)6-14-15-11/h1-4,6H,7,13H2,(H2,14,15,16). The van der Waals surface area contributed by atoms with E-state index in [1.54, 1.807) is 24.3 Å². The summed E-state index contributed by atoms with van der Waals surface area (Å²) in [7, 11) is -3.58. The van der Waals surface area contributed by atoms with Crippen LogP contribution < -0.4 is 10.5 Å². The van der Waals surface area contributed by atoms with Crippen molar-refractivity contribution in [1.82, 2.24) is 10.2 Å². The van der Waals surface area contributed by atoms with Crippen LogP contribution in [0.3, 0.4) is 0 Å². The van der Waals surface area contributed by atoms with Crippen LogP contribution in [0.5, 0.6) is 0 Å². The first-order valence-electron chi connectivity index (χ1n) is 5.28. The molecule has 0 fully saturated rings. The number of nitrogen functional groups attached to an aromatic ring is 1. The normalized spacial score (nSPS) is 10.9. The maximum Gasteiger partial charge on any atom is 0.238 e. The fourth-order valence-corrected chi connectivity index (χ4v) is 2.64. The molecule has 7 nitrogen and oxygen atoms in total. The minimum absolute atomic E-state index is 0.147. The highest BCUT2D eigenvalue weighted by Crippen LogP contribution is 2.16. The van der Waals surface area contributed by atoms with Crippen LogP contribution >= 0.6 is 0 Å². The predicted molar refractivity (Wildman–Crippen MR) is 70.4 cm³/mol. The lowest BCUT2D eigenvalue weighted by Crippen LogP contribution is -2.16. The van der Waals surface area contributed by atoms with Crippen LogP contribution in [0.2, 0.25) is 0 Å². The number of hydrogen-bond donors (Lipinski definition) is 3. The average Bonchev–Trinajstić information content (AvgIpc) is 2.75. The fourth-order valence-electron chi connectivity index (χ4n) is 1.46. The minimum atomic E-state index is -3.58. The van der Waals surface area contributed by atoms with Crippen LogP contribution in [0.15, 0.2) is 30.5 Å². The van der Waals surface area contributed by atoms with E-state index in [1.807, 2.05) is 6.07 Å². The molecular formula is C11H11N5O2S. The molecule has 1 aromatic carbocycles. The van der Waals surface area contributed by atoms with Crippen LogP contribution in [-0.2, 0) is 15.8 Å². The molecule has 0 spiro atoms. The van der Waals surface area contributed by atoms with Crippen molar-refractivity contribution in [2.24, 2.45) is 0 Å². The molecule has 2 rings (SSSR count). The number of nitrogens with one attached hydrogen (secondary N) is 2. The van der Waals surface area contributed by atoms with Gasteiger partial charge in [0.15, 0.2) is 5.82 Å². The summed E-state index contributed by atoms with van der Waals surface area (Å²) < 4.78 is 26.1. The van der Waals surface area contributed by atoms with Gasteiger partial charge in [0.05, 0.1) is 29.3 Å². The molecule has 0 saturated carbocycles. The quantitative estimate of drug-likeness (QED) is 0.762. The van der Waals surface area contributed by atoms with Gasteiger partial charge in [-0.1, -0.05) is 12.1 Å². The van der Waals surface area contributed by atoms with Crippen molar-refractivity contribution in [3.8, 4) is 6.07 Å². The number of aromatic nitrogens is 2. The molecule has 98 valence electrons. The molecule has 0 bridgehead atoms. The van der Waals surface area contributed by atoms with Gasteiger partial charge in [-0.05, 0) is 17.7 Å². The van der Waals surface area contributed by atoms with Gasteiger partial charge in [-0.3, -0.25) is 9.82 Å². The first-order chi connectivity index (χ1) is 9.00. The van der Waals surface area contributed by atoms with E-state index >= 15 is 0 Å². The van der Waals surface area contributed by atoms with Crippen LogP contribution in [-0.4, -0.2) is 18.6 Å². The highest BCUT2D eigenvalue weighted by atomic mass is 32.2. The SMILES string of the molecule is N#Cc1ccc(CS(=O)(=O)Nc2[nH]ncc2N)cc1. The summed E-state index contributed by atoms with van der Waals surface area (Å²) in [6.07, 6.45) is 1.32. The third-order valence-corrected chi connectivity index (χ3v) is 3.59. The van der Waals surface area contributed by atoms with Gasteiger partial charge in [0.1, 0.15) is 0 Å². The minimum Gasteiger partial charge on any atom is -0.394 e. The molecule has 1 aromatic heterocycles. The first kappa shape index (κ1) is 12.9. The number of nitriles is 1. The molecule has 0 aliphatic carbocycles. The number of anilines is 2. The Morgan fingerprint density at radius 1 is 1.37 bits per heavy atom. The van der Waals surface area contributed by atoms with Crippen molar-refractivity contribution in [2.45, 2.75) is 5.75 Å². The number of nitrogens with two attached hydrogens (primary N) is 1. The Hall–Kier alpha value is -2.53. The predicted octanol–water partition coefficient (Wildman–Crippen LogP) is 0.805. The molecular weight excluding hydrogens is 266 g/mol. The summed E-state index contributed by atoms with van der Waals surface area (Å²) in [5.74, 6) is -0.0642. The van der Waals surface area contributed by atoms with Gasteiger partial charge >= 0.3 is 0 Å². The Kier molecular flexibility index (Phi) is 3.39. The molecule has 0 aliphatic rings. The third-order valence-electron chi connectivity index (χ3n) is 2.37. The van der Waals surface area contributed by atoms with E-state index in [-0.39, 0.29) is 17.3 Å². The monoisotopic (exact) mass is 277 g/mol. The summed E-state index contributed by atoms with van der Waals surface area (Å²) in [5, 5.41) is 14.7. The molecule has 8 heteroatoms. The van der Waals surface area contributed by atoms with Gasteiger partial charge in [0, 0.05) is 0 Å². The Bertz CT molecular complexity index is 712. The van der Waals surface area contributed by atoms with E-state index < -0.39 is 10.0 Å². The molecule has 0 radical (unpaired) electrons. The number of hydrogen-bond acceptors (Lipinski definition) is 5. The van der Waals surface area contributed by atoms with E-state index in [0.717, 1.165) is 0 Å². The summed E-state index contributed by atoms with van der Waals surface area (Å²) >= 11 is 0. The zero-order valence-electron chi connectivity index (χ0n) is 9.79. The zero-order chi connectivity index (χ0) is 13.9. The molecule has 0 atom stereocenters. The summed E-state index contributed by atoms with van der Waals surface area (Å²) in [6, 6.07) is 8.28. The number of benzene rings is 1. The molecule has 1 heterocycles. The first-order valence-corrected chi connectivity index (χ1v) is 6.94. The van der Waals surface area contributed by atoms with Crippen molar-refractivity contribution >= 4 is 21.5 Å². The summed E-state index contributed by atoms with van der Waals surface area (Å²) in [5.41, 5.74) is 6.80. The topological polar surface area (TPSA) is 125 Å². The summed E-state index contributed by atoms with van der Waals surface area (Å²) in [4.78, 5) is 0. The molecule has 19 heavy (non-hydrogen) atoms. The molecule has 0 aliphatic heterocycles. The highest BCUT2D eigenvalue weighted by molar-refractivity contribution is 7.91. The molecule has 2 aromatic rings. The lowest BCUT2D eigenvalue weighted by atomic mass is 10.2. The molecule has 0 unspecified atom stereocenters. The Morgan fingerprint density at radius 3 is 2.58 bits per heavy atom. The second-order valence-corrected chi connectivity index (χ2v) is 5.59. The van der Waals surface area contributed by atoms with Crippen molar-refractivity contribution < 1.29 is 8.42 Å². The average molecular weight is 277 g/mol. The Morgan fingerprint density at radius 2 is 2.05 bits per heavy atom. The largest absolute Gasteiger partial charge is 0.394 e. The second-order valence-electron chi connectivity index (χ2n) is 3.87. The number of H-pyrrole nitrogens is 1. The number of sulfonamides is 1. The van der Waals surface area contributed by atoms with E-state index in [4.69, 9.17) is 11.0 Å². The van der Waals surface area contributed by atoms with Gasteiger partial charge in [0.2, 0.25) is 10.0 Å². The van der Waals surface area contributed by atoms with Crippen LogP contribution in [0, 0.1) is 11.3 Å². The fraction of sp³-hybridized carbons (Fsp3) is 0.0909. The van der Waals surface area contributed by atoms with Crippen LogP contribution in [0.1, 0.15) is 11.1 Å². The number of nitrogens with zero attached hydrogens (tertiary/aromatic N) is 2. The van der Waals surface area contributed by atoms with Gasteiger partial charge in [-0.15, -0.1) is 0 Å². The van der Waals surface area contributed by atoms with Crippen molar-refractivity contribution in [3.63, 3.8) is 0 Å². The third kappa shape index (κ3) is 3.23. The second kappa shape index (κ2) is 4.99. The van der Waals surface area contributed by atoms with E-state index in [9.17, 15) is 8.42 Å². The zero-order valence-corrected chi connectivity index (χ0v) is 10.6. The lowest BCUT2D eigenvalue weighted by molar-refractivity contribution is 0.600. The smallest absolute Gasteiger partial charge is 0.238 e. The van der Waals surface area contributed by atoms with Crippen molar-refractivity contribution in [1.29, 1.82) is 5.26 Å². The van der Waals surface area contributed by atoms with E-state index in [1.165, 1.54) is 6.20 Å². The van der Waals surface area contributed by atoms with Crippen molar-refractivity contribution in [2.75, 3.05) is 10.5 Å². The van der Waals surface area contributed by atoms with Gasteiger partial charge in [-0.2, -0.15) is 10.4 Å². The molecule has 0 saturated heterocycles.